The molecule has 0 aliphatic carbocycles. The van der Waals surface area contributed by atoms with E-state index < -0.39 is 0 Å². The maximum absolute atomic E-state index is 5.01. The summed E-state index contributed by atoms with van der Waals surface area (Å²) in [4.78, 5) is 5.01. The highest BCUT2D eigenvalue weighted by molar-refractivity contribution is 6.10. The van der Waals surface area contributed by atoms with Crippen molar-refractivity contribution in [2.75, 3.05) is 0 Å². The SMILES string of the molecule is c1ccc(-c2nc3ccccn3c2-c2ccc(-c3cccc(-c4ccc5c6ccccc6n(-c6ccccc6)c5c4)c3)cc2)cc1. The van der Waals surface area contributed by atoms with Crippen molar-refractivity contribution in [3.8, 4) is 50.5 Å². The lowest BCUT2D eigenvalue weighted by Gasteiger charge is -2.10. The number of aromatic nitrogens is 3. The summed E-state index contributed by atoms with van der Waals surface area (Å²) in [5.74, 6) is 0. The van der Waals surface area contributed by atoms with Gasteiger partial charge in [0.25, 0.3) is 0 Å². The molecular formula is C43H29N3. The summed E-state index contributed by atoms with van der Waals surface area (Å²) in [6, 6.07) is 60.5. The molecule has 0 radical (unpaired) electrons. The minimum atomic E-state index is 0.941. The number of rotatable bonds is 5. The van der Waals surface area contributed by atoms with Gasteiger partial charge in [0.15, 0.2) is 0 Å². The normalized spacial score (nSPS) is 11.5. The summed E-state index contributed by atoms with van der Waals surface area (Å²) in [7, 11) is 0. The first-order valence-electron chi connectivity index (χ1n) is 15.6. The van der Waals surface area contributed by atoms with E-state index >= 15 is 0 Å². The van der Waals surface area contributed by atoms with E-state index in [1.807, 2.05) is 12.1 Å². The van der Waals surface area contributed by atoms with Crippen LogP contribution in [-0.4, -0.2) is 14.0 Å². The maximum atomic E-state index is 5.01. The third-order valence-electron chi connectivity index (χ3n) is 8.95. The number of fused-ring (bicyclic) bond motifs is 4. The number of pyridine rings is 1. The molecule has 0 amide bonds. The molecule has 216 valence electrons. The van der Waals surface area contributed by atoms with E-state index in [-0.39, 0.29) is 0 Å². The zero-order valence-corrected chi connectivity index (χ0v) is 25.1. The molecule has 9 rings (SSSR count). The van der Waals surface area contributed by atoms with Gasteiger partial charge in [0.05, 0.1) is 22.4 Å². The van der Waals surface area contributed by atoms with Crippen molar-refractivity contribution in [3.05, 3.63) is 176 Å². The van der Waals surface area contributed by atoms with E-state index in [0.717, 1.165) is 28.2 Å². The molecule has 0 fully saturated rings. The van der Waals surface area contributed by atoms with Crippen molar-refractivity contribution in [1.82, 2.24) is 14.0 Å². The number of benzene rings is 6. The summed E-state index contributed by atoms with van der Waals surface area (Å²) in [5.41, 5.74) is 13.6. The zero-order chi connectivity index (χ0) is 30.5. The molecule has 0 atom stereocenters. The van der Waals surface area contributed by atoms with Crippen LogP contribution in [0.1, 0.15) is 0 Å². The van der Waals surface area contributed by atoms with Crippen molar-refractivity contribution >= 4 is 27.5 Å². The van der Waals surface area contributed by atoms with Crippen LogP contribution in [0.15, 0.2) is 176 Å². The Hall–Kier alpha value is -6.19. The summed E-state index contributed by atoms with van der Waals surface area (Å²) < 4.78 is 4.56. The number of imidazole rings is 1. The molecule has 0 aliphatic heterocycles. The topological polar surface area (TPSA) is 22.2 Å². The first-order valence-corrected chi connectivity index (χ1v) is 15.6. The predicted molar refractivity (Wildman–Crippen MR) is 191 cm³/mol. The molecule has 0 saturated carbocycles. The van der Waals surface area contributed by atoms with E-state index in [2.05, 4.69) is 173 Å². The fraction of sp³-hybridized carbons (Fsp3) is 0. The molecule has 3 nitrogen and oxygen atoms in total. The lowest BCUT2D eigenvalue weighted by atomic mass is 9.97. The van der Waals surface area contributed by atoms with Crippen LogP contribution in [0.5, 0.6) is 0 Å². The monoisotopic (exact) mass is 587 g/mol. The molecule has 0 spiro atoms. The molecule has 3 heteroatoms. The Balaban J connectivity index is 1.12. The van der Waals surface area contributed by atoms with Gasteiger partial charge in [-0.3, -0.25) is 4.40 Å². The van der Waals surface area contributed by atoms with Crippen LogP contribution in [0.2, 0.25) is 0 Å². The molecule has 0 saturated heterocycles. The van der Waals surface area contributed by atoms with Crippen LogP contribution in [-0.2, 0) is 0 Å². The summed E-state index contributed by atoms with van der Waals surface area (Å²) in [6.45, 7) is 0. The van der Waals surface area contributed by atoms with Gasteiger partial charge in [-0.05, 0) is 64.7 Å². The molecule has 0 aliphatic rings. The average molecular weight is 588 g/mol. The van der Waals surface area contributed by atoms with E-state index in [9.17, 15) is 0 Å². The molecule has 0 N–H and O–H groups in total. The summed E-state index contributed by atoms with van der Waals surface area (Å²) in [6.07, 6.45) is 2.09. The van der Waals surface area contributed by atoms with Gasteiger partial charge < -0.3 is 4.57 Å². The van der Waals surface area contributed by atoms with Crippen LogP contribution in [0.4, 0.5) is 0 Å². The van der Waals surface area contributed by atoms with E-state index in [0.29, 0.717) is 0 Å². The van der Waals surface area contributed by atoms with Crippen LogP contribution in [0.25, 0.3) is 77.9 Å². The first-order chi connectivity index (χ1) is 22.8. The minimum absolute atomic E-state index is 0.941. The smallest absolute Gasteiger partial charge is 0.137 e. The maximum Gasteiger partial charge on any atom is 0.137 e. The Kier molecular flexibility index (Phi) is 6.14. The first kappa shape index (κ1) is 26.2. The molecule has 3 heterocycles. The molecule has 9 aromatic rings. The zero-order valence-electron chi connectivity index (χ0n) is 25.1. The van der Waals surface area contributed by atoms with Crippen molar-refractivity contribution in [3.63, 3.8) is 0 Å². The van der Waals surface area contributed by atoms with E-state index in [1.54, 1.807) is 0 Å². The second-order valence-electron chi connectivity index (χ2n) is 11.7. The number of hydrogen-bond acceptors (Lipinski definition) is 1. The quantitative estimate of drug-likeness (QED) is 0.196. The molecule has 46 heavy (non-hydrogen) atoms. The van der Waals surface area contributed by atoms with Crippen molar-refractivity contribution in [1.29, 1.82) is 0 Å². The third-order valence-corrected chi connectivity index (χ3v) is 8.95. The highest BCUT2D eigenvalue weighted by Crippen LogP contribution is 2.37. The van der Waals surface area contributed by atoms with E-state index in [1.165, 1.54) is 49.7 Å². The van der Waals surface area contributed by atoms with Crippen LogP contribution >= 0.6 is 0 Å². The third kappa shape index (κ3) is 4.33. The average Bonchev–Trinajstić information content (AvgIpc) is 3.69. The van der Waals surface area contributed by atoms with Gasteiger partial charge >= 0.3 is 0 Å². The molecule has 3 aromatic heterocycles. The second kappa shape index (κ2) is 10.8. The predicted octanol–water partition coefficient (Wildman–Crippen LogP) is 11.1. The van der Waals surface area contributed by atoms with Crippen molar-refractivity contribution in [2.24, 2.45) is 0 Å². The Morgan fingerprint density at radius 1 is 0.391 bits per heavy atom. The molecule has 0 bridgehead atoms. The van der Waals surface area contributed by atoms with Crippen molar-refractivity contribution < 1.29 is 0 Å². The Bertz CT molecular complexity index is 2500. The van der Waals surface area contributed by atoms with Crippen molar-refractivity contribution in [2.45, 2.75) is 0 Å². The fourth-order valence-corrected chi connectivity index (χ4v) is 6.77. The Morgan fingerprint density at radius 3 is 1.83 bits per heavy atom. The van der Waals surface area contributed by atoms with Gasteiger partial charge in [0.1, 0.15) is 5.65 Å². The highest BCUT2D eigenvalue weighted by atomic mass is 15.0. The van der Waals surface area contributed by atoms with Gasteiger partial charge in [-0.25, -0.2) is 4.98 Å². The number of hydrogen-bond donors (Lipinski definition) is 0. The number of nitrogens with zero attached hydrogens (tertiary/aromatic N) is 3. The second-order valence-corrected chi connectivity index (χ2v) is 11.7. The van der Waals surface area contributed by atoms with Crippen LogP contribution in [0.3, 0.4) is 0 Å². The largest absolute Gasteiger partial charge is 0.309 e. The lowest BCUT2D eigenvalue weighted by Crippen LogP contribution is -1.93. The minimum Gasteiger partial charge on any atom is -0.309 e. The Labute approximate surface area is 267 Å². The highest BCUT2D eigenvalue weighted by Gasteiger charge is 2.16. The standard InChI is InChI=1S/C43H29N3/c1-3-12-31(13-4-1)42-43(45-27-10-9-20-41(45)44-42)32-23-21-30(22-24-32)33-14-11-15-34(28-33)35-25-26-38-37-18-7-8-19-39(37)46(40(38)29-35)36-16-5-2-6-17-36/h1-29H. The van der Waals surface area contributed by atoms with Crippen LogP contribution in [0, 0.1) is 0 Å². The molecular weight excluding hydrogens is 558 g/mol. The van der Waals surface area contributed by atoms with Gasteiger partial charge in [0, 0.05) is 33.8 Å². The fourth-order valence-electron chi connectivity index (χ4n) is 6.77. The van der Waals surface area contributed by atoms with Gasteiger partial charge in [-0.15, -0.1) is 0 Å². The van der Waals surface area contributed by atoms with E-state index in [4.69, 9.17) is 4.98 Å². The molecule has 6 aromatic carbocycles. The summed E-state index contributed by atoms with van der Waals surface area (Å²) in [5, 5.41) is 2.53. The lowest BCUT2D eigenvalue weighted by molar-refractivity contribution is 1.18. The van der Waals surface area contributed by atoms with Gasteiger partial charge in [-0.2, -0.15) is 0 Å². The number of para-hydroxylation sites is 2. The summed E-state index contributed by atoms with van der Waals surface area (Å²) >= 11 is 0. The van der Waals surface area contributed by atoms with Crippen LogP contribution < -0.4 is 0 Å². The van der Waals surface area contributed by atoms with Gasteiger partial charge in [0.2, 0.25) is 0 Å². The molecule has 0 unspecified atom stereocenters. The Morgan fingerprint density at radius 2 is 1.00 bits per heavy atom. The van der Waals surface area contributed by atoms with Gasteiger partial charge in [-0.1, -0.05) is 127 Å².